The largest absolute Gasteiger partial charge is 0.383 e. The van der Waals surface area contributed by atoms with Crippen molar-refractivity contribution < 1.29 is 9.53 Å². The summed E-state index contributed by atoms with van der Waals surface area (Å²) in [6, 6.07) is 1.52. The van der Waals surface area contributed by atoms with Crippen molar-refractivity contribution in [3.63, 3.8) is 0 Å². The summed E-state index contributed by atoms with van der Waals surface area (Å²) in [6.45, 7) is 4.00. The molecular weight excluding hydrogens is 302 g/mol. The minimum atomic E-state index is -0.658. The molecule has 9 nitrogen and oxygen atoms in total. The van der Waals surface area contributed by atoms with E-state index in [4.69, 9.17) is 4.74 Å². The van der Waals surface area contributed by atoms with Crippen LogP contribution in [0.2, 0.25) is 0 Å². The summed E-state index contributed by atoms with van der Waals surface area (Å²) in [7, 11) is 1.62. The summed E-state index contributed by atoms with van der Waals surface area (Å²) in [5.41, 5.74) is -0.372. The molecule has 0 unspecified atom stereocenters. The van der Waals surface area contributed by atoms with Crippen LogP contribution < -0.4 is 21.9 Å². The van der Waals surface area contributed by atoms with Gasteiger partial charge < -0.3 is 15.4 Å². The molecule has 2 aromatic heterocycles. The third kappa shape index (κ3) is 4.24. The predicted molar refractivity (Wildman–Crippen MR) is 84.8 cm³/mol. The number of fused-ring (bicyclic) bond motifs is 1. The maximum atomic E-state index is 12.1. The van der Waals surface area contributed by atoms with Crippen LogP contribution in [-0.4, -0.2) is 54.2 Å². The highest BCUT2D eigenvalue weighted by molar-refractivity contribution is 5.95. The van der Waals surface area contributed by atoms with E-state index in [9.17, 15) is 14.4 Å². The number of carbonyl (C=O) groups excluding carboxylic acids is 1. The molecule has 0 saturated heterocycles. The number of rotatable bonds is 7. The number of aromatic nitrogens is 3. The second-order valence-corrected chi connectivity index (χ2v) is 4.95. The molecule has 1 amide bonds. The fraction of sp³-hybridized carbons (Fsp3) is 0.429. The van der Waals surface area contributed by atoms with E-state index in [1.807, 2.05) is 0 Å². The zero-order valence-electron chi connectivity index (χ0n) is 13.0. The number of H-pyrrole nitrogens is 2. The number of nitrogens with zero attached hydrogens (tertiary/aromatic N) is 1. The SMILES string of the molecule is COCCNCCNC(=O)c1cc(C)c2c(=O)[nH]c(=O)[nH]c2n1. The number of hydrogen-bond acceptors (Lipinski definition) is 6. The number of amides is 1. The Morgan fingerprint density at radius 3 is 2.78 bits per heavy atom. The number of methoxy groups -OCH3 is 1. The van der Waals surface area contributed by atoms with Crippen molar-refractivity contribution in [1.82, 2.24) is 25.6 Å². The van der Waals surface area contributed by atoms with E-state index in [1.165, 1.54) is 6.07 Å². The Bertz CT molecular complexity index is 811. The van der Waals surface area contributed by atoms with Gasteiger partial charge in [0.25, 0.3) is 11.5 Å². The third-order valence-corrected chi connectivity index (χ3v) is 3.21. The molecule has 0 radical (unpaired) electrons. The van der Waals surface area contributed by atoms with Crippen molar-refractivity contribution in [2.45, 2.75) is 6.92 Å². The number of hydrogen-bond donors (Lipinski definition) is 4. The summed E-state index contributed by atoms with van der Waals surface area (Å²) in [5, 5.41) is 6.08. The highest BCUT2D eigenvalue weighted by Crippen LogP contribution is 2.10. The first-order chi connectivity index (χ1) is 11.0. The van der Waals surface area contributed by atoms with Gasteiger partial charge in [0, 0.05) is 26.7 Å². The van der Waals surface area contributed by atoms with Crippen LogP contribution in [0.15, 0.2) is 15.7 Å². The highest BCUT2D eigenvalue weighted by atomic mass is 16.5. The monoisotopic (exact) mass is 321 g/mol. The molecular formula is C14H19N5O4. The summed E-state index contributed by atoms with van der Waals surface area (Å²) in [5.74, 6) is -0.371. The van der Waals surface area contributed by atoms with E-state index in [0.29, 0.717) is 31.8 Å². The fourth-order valence-electron chi connectivity index (χ4n) is 2.12. The van der Waals surface area contributed by atoms with E-state index in [1.54, 1.807) is 14.0 Å². The topological polar surface area (TPSA) is 129 Å². The number of aromatic amines is 2. The van der Waals surface area contributed by atoms with Crippen LogP contribution >= 0.6 is 0 Å². The molecule has 2 heterocycles. The Morgan fingerprint density at radius 2 is 2.04 bits per heavy atom. The molecule has 9 heteroatoms. The number of nitrogens with one attached hydrogen (secondary N) is 4. The zero-order chi connectivity index (χ0) is 16.8. The van der Waals surface area contributed by atoms with Crippen LogP contribution in [0.4, 0.5) is 0 Å². The van der Waals surface area contributed by atoms with Crippen molar-refractivity contribution >= 4 is 16.9 Å². The van der Waals surface area contributed by atoms with Crippen LogP contribution in [0, 0.1) is 6.92 Å². The Balaban J connectivity index is 2.09. The van der Waals surface area contributed by atoms with Gasteiger partial charge in [-0.05, 0) is 18.6 Å². The van der Waals surface area contributed by atoms with Gasteiger partial charge in [-0.1, -0.05) is 0 Å². The number of pyridine rings is 1. The minimum Gasteiger partial charge on any atom is -0.383 e. The summed E-state index contributed by atoms with van der Waals surface area (Å²) in [4.78, 5) is 43.8. The summed E-state index contributed by atoms with van der Waals surface area (Å²) >= 11 is 0. The van der Waals surface area contributed by atoms with E-state index >= 15 is 0 Å². The van der Waals surface area contributed by atoms with Gasteiger partial charge in [0.2, 0.25) is 0 Å². The van der Waals surface area contributed by atoms with Gasteiger partial charge in [-0.3, -0.25) is 19.6 Å². The van der Waals surface area contributed by atoms with E-state index in [0.717, 1.165) is 0 Å². The molecule has 0 bridgehead atoms. The van der Waals surface area contributed by atoms with Crippen LogP contribution in [-0.2, 0) is 4.74 Å². The van der Waals surface area contributed by atoms with Gasteiger partial charge in [-0.2, -0.15) is 0 Å². The maximum absolute atomic E-state index is 12.1. The Labute approximate surface area is 131 Å². The molecule has 0 aliphatic carbocycles. The normalized spacial score (nSPS) is 10.9. The summed E-state index contributed by atoms with van der Waals surface area (Å²) in [6.07, 6.45) is 0. The number of carbonyl (C=O) groups is 1. The molecule has 0 aromatic carbocycles. The molecule has 0 atom stereocenters. The van der Waals surface area contributed by atoms with Crippen LogP contribution in [0.1, 0.15) is 16.1 Å². The molecule has 0 fully saturated rings. The first kappa shape index (κ1) is 16.8. The number of ether oxygens (including phenoxy) is 1. The van der Waals surface area contributed by atoms with Crippen LogP contribution in [0.25, 0.3) is 11.0 Å². The Hall–Kier alpha value is -2.52. The maximum Gasteiger partial charge on any atom is 0.327 e. The van der Waals surface area contributed by atoms with Crippen molar-refractivity contribution in [2.75, 3.05) is 33.4 Å². The van der Waals surface area contributed by atoms with Crippen LogP contribution in [0.5, 0.6) is 0 Å². The van der Waals surface area contributed by atoms with Crippen molar-refractivity contribution in [3.8, 4) is 0 Å². The van der Waals surface area contributed by atoms with Gasteiger partial charge in [-0.15, -0.1) is 0 Å². The quantitative estimate of drug-likeness (QED) is 0.478. The predicted octanol–water partition coefficient (Wildman–Crippen LogP) is -1.11. The summed E-state index contributed by atoms with van der Waals surface area (Å²) < 4.78 is 4.90. The molecule has 2 aromatic rings. The molecule has 0 saturated carbocycles. The molecule has 0 spiro atoms. The van der Waals surface area contributed by atoms with Gasteiger partial charge in [0.1, 0.15) is 11.3 Å². The molecule has 4 N–H and O–H groups in total. The fourth-order valence-corrected chi connectivity index (χ4v) is 2.12. The van der Waals surface area contributed by atoms with Crippen LogP contribution in [0.3, 0.4) is 0 Å². The third-order valence-electron chi connectivity index (χ3n) is 3.21. The minimum absolute atomic E-state index is 0.0992. The lowest BCUT2D eigenvalue weighted by atomic mass is 10.1. The molecule has 0 aliphatic heterocycles. The lowest BCUT2D eigenvalue weighted by molar-refractivity contribution is 0.0949. The van der Waals surface area contributed by atoms with Gasteiger partial charge in [0.05, 0.1) is 12.0 Å². The van der Waals surface area contributed by atoms with Gasteiger partial charge in [-0.25, -0.2) is 9.78 Å². The molecule has 124 valence electrons. The average Bonchev–Trinajstić information content (AvgIpc) is 2.49. The molecule has 23 heavy (non-hydrogen) atoms. The standard InChI is InChI=1S/C14H19N5O4/c1-8-7-9(12(20)16-4-3-15-5-6-23-2)17-11-10(8)13(21)19-14(22)18-11/h7,15H,3-6H2,1-2H3,(H,16,20)(H2,17,18,19,21,22). The van der Waals surface area contributed by atoms with Gasteiger partial charge in [0.15, 0.2) is 0 Å². The van der Waals surface area contributed by atoms with Crippen molar-refractivity contribution in [1.29, 1.82) is 0 Å². The molecule has 0 aliphatic rings. The zero-order valence-corrected chi connectivity index (χ0v) is 13.0. The second kappa shape index (κ2) is 7.65. The molecule has 2 rings (SSSR count). The lowest BCUT2D eigenvalue weighted by Crippen LogP contribution is -2.33. The van der Waals surface area contributed by atoms with E-state index in [2.05, 4.69) is 25.6 Å². The Morgan fingerprint density at radius 1 is 1.26 bits per heavy atom. The highest BCUT2D eigenvalue weighted by Gasteiger charge is 2.12. The first-order valence-electron chi connectivity index (χ1n) is 7.14. The van der Waals surface area contributed by atoms with Crippen molar-refractivity contribution in [2.24, 2.45) is 0 Å². The van der Waals surface area contributed by atoms with Gasteiger partial charge >= 0.3 is 5.69 Å². The average molecular weight is 321 g/mol. The van der Waals surface area contributed by atoms with E-state index in [-0.39, 0.29) is 22.6 Å². The van der Waals surface area contributed by atoms with E-state index < -0.39 is 11.2 Å². The second-order valence-electron chi connectivity index (χ2n) is 4.95. The smallest absolute Gasteiger partial charge is 0.327 e. The first-order valence-corrected chi connectivity index (χ1v) is 7.14. The van der Waals surface area contributed by atoms with Crippen molar-refractivity contribution in [3.05, 3.63) is 38.2 Å². The lowest BCUT2D eigenvalue weighted by Gasteiger charge is -2.08. The Kier molecular flexibility index (Phi) is 5.61. The number of aryl methyl sites for hydroxylation is 1.